The van der Waals surface area contributed by atoms with Crippen LogP contribution in [0.2, 0.25) is 0 Å². The highest BCUT2D eigenvalue weighted by atomic mass is 32.2. The Morgan fingerprint density at radius 3 is 2.24 bits per heavy atom. The minimum Gasteiger partial charge on any atom is -0.494 e. The van der Waals surface area contributed by atoms with E-state index in [0.29, 0.717) is 30.4 Å². The monoisotopic (exact) mass is 556 g/mol. The van der Waals surface area contributed by atoms with Gasteiger partial charge in [-0.1, -0.05) is 37.3 Å². The van der Waals surface area contributed by atoms with E-state index < -0.39 is 10.0 Å². The third-order valence-corrected chi connectivity index (χ3v) is 8.96. The van der Waals surface area contributed by atoms with Crippen molar-refractivity contribution in [3.05, 3.63) is 73.3 Å². The van der Waals surface area contributed by atoms with Crippen LogP contribution in [0.5, 0.6) is 5.75 Å². The molecule has 0 fully saturated rings. The topological polar surface area (TPSA) is 83.1 Å². The summed E-state index contributed by atoms with van der Waals surface area (Å²) < 4.78 is 34.0. The zero-order valence-electron chi connectivity index (χ0n) is 22.3. The lowest BCUT2D eigenvalue weighted by Crippen LogP contribution is -2.39. The van der Waals surface area contributed by atoms with Crippen LogP contribution in [0.4, 0.5) is 5.13 Å². The molecule has 0 N–H and O–H groups in total. The Kier molecular flexibility index (Phi) is 10.6. The Hall–Kier alpha value is -3.05. The van der Waals surface area contributed by atoms with Gasteiger partial charge in [-0.25, -0.2) is 13.4 Å². The number of ether oxygens (including phenoxy) is 1. The van der Waals surface area contributed by atoms with Crippen molar-refractivity contribution in [2.75, 3.05) is 50.8 Å². The number of hydrogen-bond donors (Lipinski definition) is 0. The number of rotatable bonds is 15. The molecule has 8 nitrogen and oxygen atoms in total. The molecule has 1 amide bonds. The van der Waals surface area contributed by atoms with Crippen molar-refractivity contribution in [3.63, 3.8) is 0 Å². The summed E-state index contributed by atoms with van der Waals surface area (Å²) in [6.07, 6.45) is 3.06. The summed E-state index contributed by atoms with van der Waals surface area (Å²) in [4.78, 5) is 22.5. The second-order valence-electron chi connectivity index (χ2n) is 8.47. The lowest BCUT2D eigenvalue weighted by molar-refractivity contribution is 0.0983. The van der Waals surface area contributed by atoms with E-state index in [9.17, 15) is 13.2 Å². The number of sulfonamides is 1. The molecule has 0 saturated heterocycles. The molecule has 0 radical (unpaired) electrons. The minimum absolute atomic E-state index is 0.107. The quantitative estimate of drug-likeness (QED) is 0.244. The smallest absolute Gasteiger partial charge is 0.260 e. The van der Waals surface area contributed by atoms with Gasteiger partial charge in [0.05, 0.1) is 21.7 Å². The normalized spacial score (nSPS) is 11.7. The summed E-state index contributed by atoms with van der Waals surface area (Å²) in [6, 6.07) is 11.8. The first kappa shape index (κ1) is 29.5. The third kappa shape index (κ3) is 6.87. The van der Waals surface area contributed by atoms with E-state index in [-0.39, 0.29) is 23.9 Å². The summed E-state index contributed by atoms with van der Waals surface area (Å²) in [5, 5.41) is 0.589. The molecule has 0 spiro atoms. The first-order chi connectivity index (χ1) is 18.3. The predicted molar refractivity (Wildman–Crippen MR) is 156 cm³/mol. The average molecular weight is 557 g/mol. The molecular formula is C28H36N4O4S2. The van der Waals surface area contributed by atoms with Crippen LogP contribution in [-0.2, 0) is 10.0 Å². The molecule has 10 heteroatoms. The van der Waals surface area contributed by atoms with Gasteiger partial charge in [-0.2, -0.15) is 4.31 Å². The number of fused-ring (bicyclic) bond motifs is 1. The van der Waals surface area contributed by atoms with Gasteiger partial charge in [0.25, 0.3) is 5.91 Å². The van der Waals surface area contributed by atoms with Crippen molar-refractivity contribution in [3.8, 4) is 5.75 Å². The van der Waals surface area contributed by atoms with Crippen molar-refractivity contribution in [2.24, 2.45) is 0 Å². The Morgan fingerprint density at radius 2 is 1.66 bits per heavy atom. The highest BCUT2D eigenvalue weighted by Crippen LogP contribution is 2.32. The van der Waals surface area contributed by atoms with E-state index in [4.69, 9.17) is 9.72 Å². The SMILES string of the molecule is C=CCN(CC=C)S(=O)(=O)c1ccc(C(=O)N(CCN(CC)CC)c2nc3ccc(OCC)cc3s2)cc1. The van der Waals surface area contributed by atoms with Crippen LogP contribution < -0.4 is 9.64 Å². The molecule has 204 valence electrons. The first-order valence-electron chi connectivity index (χ1n) is 12.7. The average Bonchev–Trinajstić information content (AvgIpc) is 3.34. The Bertz CT molecular complexity index is 1340. The number of nitrogens with zero attached hydrogens (tertiary/aromatic N) is 4. The van der Waals surface area contributed by atoms with Crippen LogP contribution in [0, 0.1) is 0 Å². The molecule has 0 unspecified atom stereocenters. The van der Waals surface area contributed by atoms with E-state index >= 15 is 0 Å². The number of amides is 1. The molecule has 1 heterocycles. The Morgan fingerprint density at radius 1 is 1.00 bits per heavy atom. The standard InChI is InChI=1S/C28H36N4O4S2/c1-6-17-31(18-7-2)38(34,35)24-14-11-22(12-15-24)27(33)32(20-19-30(8-3)9-4)28-29-25-16-13-23(36-10-5)21-26(25)37-28/h6-7,11-16,21H,1-2,8-10,17-20H2,3-5H3. The number of thiazole rings is 1. The van der Waals surface area contributed by atoms with E-state index in [2.05, 4.69) is 31.9 Å². The van der Waals surface area contributed by atoms with E-state index in [1.807, 2.05) is 25.1 Å². The molecule has 2 aromatic carbocycles. The largest absolute Gasteiger partial charge is 0.494 e. The lowest BCUT2D eigenvalue weighted by atomic mass is 10.2. The Labute approximate surface area is 229 Å². The fourth-order valence-electron chi connectivity index (χ4n) is 3.96. The van der Waals surface area contributed by atoms with Gasteiger partial charge in [0.2, 0.25) is 10.0 Å². The van der Waals surface area contributed by atoms with Crippen molar-refractivity contribution in [1.29, 1.82) is 0 Å². The summed E-state index contributed by atoms with van der Waals surface area (Å²) in [5.41, 5.74) is 1.18. The van der Waals surface area contributed by atoms with Crippen LogP contribution in [-0.4, -0.2) is 74.4 Å². The van der Waals surface area contributed by atoms with Crippen LogP contribution in [0.25, 0.3) is 10.2 Å². The maximum absolute atomic E-state index is 13.7. The minimum atomic E-state index is -3.76. The summed E-state index contributed by atoms with van der Waals surface area (Å²) in [7, 11) is -3.76. The number of benzene rings is 2. The van der Waals surface area contributed by atoms with E-state index in [0.717, 1.165) is 29.1 Å². The van der Waals surface area contributed by atoms with Crippen molar-refractivity contribution in [2.45, 2.75) is 25.7 Å². The number of carbonyl (C=O) groups is 1. The van der Waals surface area contributed by atoms with Crippen molar-refractivity contribution < 1.29 is 17.9 Å². The predicted octanol–water partition coefficient (Wildman–Crippen LogP) is 5.05. The van der Waals surface area contributed by atoms with Crippen LogP contribution in [0.3, 0.4) is 0 Å². The van der Waals surface area contributed by atoms with E-state index in [1.54, 1.807) is 17.0 Å². The fraction of sp³-hybridized carbons (Fsp3) is 0.357. The zero-order valence-corrected chi connectivity index (χ0v) is 23.9. The number of hydrogen-bond acceptors (Lipinski definition) is 7. The molecule has 1 aromatic heterocycles. The molecule has 3 aromatic rings. The second-order valence-corrected chi connectivity index (χ2v) is 11.4. The van der Waals surface area contributed by atoms with Crippen molar-refractivity contribution >= 4 is 42.6 Å². The fourth-order valence-corrected chi connectivity index (χ4v) is 6.36. The number of aromatic nitrogens is 1. The highest BCUT2D eigenvalue weighted by Gasteiger charge is 2.25. The van der Waals surface area contributed by atoms with Crippen molar-refractivity contribution in [1.82, 2.24) is 14.2 Å². The molecule has 0 aliphatic heterocycles. The summed E-state index contributed by atoms with van der Waals surface area (Å²) >= 11 is 1.43. The summed E-state index contributed by atoms with van der Waals surface area (Å²) in [5.74, 6) is 0.522. The van der Waals surface area contributed by atoms with Gasteiger partial charge in [-0.15, -0.1) is 13.2 Å². The van der Waals surface area contributed by atoms with Crippen LogP contribution in [0.15, 0.2) is 72.7 Å². The zero-order chi connectivity index (χ0) is 27.7. The summed E-state index contributed by atoms with van der Waals surface area (Å²) in [6.45, 7) is 17.2. The second kappa shape index (κ2) is 13.7. The Balaban J connectivity index is 1.94. The number of anilines is 1. The van der Waals surface area contributed by atoms with Crippen LogP contribution in [0.1, 0.15) is 31.1 Å². The molecule has 0 bridgehead atoms. The molecule has 3 rings (SSSR count). The highest BCUT2D eigenvalue weighted by molar-refractivity contribution is 7.89. The van der Waals surface area contributed by atoms with Gasteiger partial charge < -0.3 is 9.64 Å². The maximum Gasteiger partial charge on any atom is 0.260 e. The lowest BCUT2D eigenvalue weighted by Gasteiger charge is -2.25. The van der Waals surface area contributed by atoms with Gasteiger partial charge in [0.15, 0.2) is 5.13 Å². The van der Waals surface area contributed by atoms with Crippen LogP contribution >= 0.6 is 11.3 Å². The molecule has 0 saturated carbocycles. The van der Waals surface area contributed by atoms with Gasteiger partial charge in [0, 0.05) is 31.7 Å². The van der Waals surface area contributed by atoms with Gasteiger partial charge in [-0.05, 0) is 62.5 Å². The maximum atomic E-state index is 13.7. The third-order valence-electron chi connectivity index (χ3n) is 6.07. The van der Waals surface area contributed by atoms with Gasteiger partial charge in [0.1, 0.15) is 5.75 Å². The van der Waals surface area contributed by atoms with Gasteiger partial charge >= 0.3 is 0 Å². The number of carbonyl (C=O) groups excluding carboxylic acids is 1. The molecule has 38 heavy (non-hydrogen) atoms. The molecule has 0 aliphatic carbocycles. The molecule has 0 atom stereocenters. The number of likely N-dealkylation sites (N-methyl/N-ethyl adjacent to an activating group) is 1. The van der Waals surface area contributed by atoms with E-state index in [1.165, 1.54) is 39.9 Å². The molecular weight excluding hydrogens is 520 g/mol. The molecule has 0 aliphatic rings. The first-order valence-corrected chi connectivity index (χ1v) is 14.9. The van der Waals surface area contributed by atoms with Gasteiger partial charge in [-0.3, -0.25) is 9.69 Å².